The first-order valence-electron chi connectivity index (χ1n) is 7.11. The highest BCUT2D eigenvalue weighted by Gasteiger charge is 2.21. The number of carbonyl (C=O) groups is 1. The molecule has 0 aromatic heterocycles. The lowest BCUT2D eigenvalue weighted by atomic mass is 10.00. The SMILES string of the molecule is CCC[C@H](c1ccccc1)N(C)C(=O)c1ccccc1. The number of hydrogen-bond donors (Lipinski definition) is 0. The van der Waals surface area contributed by atoms with Gasteiger partial charge >= 0.3 is 0 Å². The van der Waals surface area contributed by atoms with Crippen molar-refractivity contribution in [2.75, 3.05) is 7.05 Å². The molecule has 0 bridgehead atoms. The molecule has 1 amide bonds. The molecule has 1 atom stereocenters. The van der Waals surface area contributed by atoms with Gasteiger partial charge in [0.1, 0.15) is 0 Å². The van der Waals surface area contributed by atoms with Gasteiger partial charge in [0.2, 0.25) is 0 Å². The van der Waals surface area contributed by atoms with Crippen molar-refractivity contribution < 1.29 is 4.79 Å². The Morgan fingerprint density at radius 2 is 1.55 bits per heavy atom. The quantitative estimate of drug-likeness (QED) is 0.791. The van der Waals surface area contributed by atoms with Gasteiger partial charge in [0.15, 0.2) is 0 Å². The molecule has 2 nitrogen and oxygen atoms in total. The maximum Gasteiger partial charge on any atom is 0.254 e. The Balaban J connectivity index is 2.23. The van der Waals surface area contributed by atoms with Crippen LogP contribution in [-0.4, -0.2) is 17.9 Å². The number of carbonyl (C=O) groups excluding carboxylic acids is 1. The highest BCUT2D eigenvalue weighted by atomic mass is 16.2. The van der Waals surface area contributed by atoms with Gasteiger partial charge in [-0.2, -0.15) is 0 Å². The third-order valence-corrected chi connectivity index (χ3v) is 3.56. The first-order valence-corrected chi connectivity index (χ1v) is 7.11. The maximum atomic E-state index is 12.6. The second kappa shape index (κ2) is 6.90. The fourth-order valence-electron chi connectivity index (χ4n) is 2.46. The van der Waals surface area contributed by atoms with Crippen LogP contribution >= 0.6 is 0 Å². The summed E-state index contributed by atoms with van der Waals surface area (Å²) >= 11 is 0. The Morgan fingerprint density at radius 3 is 2.10 bits per heavy atom. The van der Waals surface area contributed by atoms with E-state index in [9.17, 15) is 4.79 Å². The molecule has 0 heterocycles. The van der Waals surface area contributed by atoms with Gasteiger partial charge in [0.25, 0.3) is 5.91 Å². The molecule has 0 spiro atoms. The van der Waals surface area contributed by atoms with E-state index < -0.39 is 0 Å². The van der Waals surface area contributed by atoms with Crippen LogP contribution in [0.5, 0.6) is 0 Å². The lowest BCUT2D eigenvalue weighted by molar-refractivity contribution is 0.0721. The van der Waals surface area contributed by atoms with Gasteiger partial charge < -0.3 is 4.90 Å². The van der Waals surface area contributed by atoms with Gasteiger partial charge in [-0.05, 0) is 24.1 Å². The van der Waals surface area contributed by atoms with Crippen molar-refractivity contribution in [1.29, 1.82) is 0 Å². The molecule has 2 heteroatoms. The van der Waals surface area contributed by atoms with E-state index in [1.807, 2.05) is 60.5 Å². The van der Waals surface area contributed by atoms with Gasteiger partial charge in [0.05, 0.1) is 6.04 Å². The summed E-state index contributed by atoms with van der Waals surface area (Å²) in [5, 5.41) is 0. The van der Waals surface area contributed by atoms with Gasteiger partial charge in [-0.25, -0.2) is 0 Å². The van der Waals surface area contributed by atoms with Gasteiger partial charge in [0, 0.05) is 12.6 Å². The zero-order valence-electron chi connectivity index (χ0n) is 12.1. The molecule has 2 aromatic rings. The maximum absolute atomic E-state index is 12.6. The second-order valence-electron chi connectivity index (χ2n) is 5.00. The zero-order valence-corrected chi connectivity index (χ0v) is 12.1. The van der Waals surface area contributed by atoms with Crippen LogP contribution in [0.15, 0.2) is 60.7 Å². The van der Waals surface area contributed by atoms with E-state index in [4.69, 9.17) is 0 Å². The summed E-state index contributed by atoms with van der Waals surface area (Å²) in [5.41, 5.74) is 1.94. The first-order chi connectivity index (χ1) is 9.74. The van der Waals surface area contributed by atoms with Crippen molar-refractivity contribution in [1.82, 2.24) is 4.90 Å². The zero-order chi connectivity index (χ0) is 14.4. The topological polar surface area (TPSA) is 20.3 Å². The van der Waals surface area contributed by atoms with Crippen molar-refractivity contribution in [3.63, 3.8) is 0 Å². The lowest BCUT2D eigenvalue weighted by Crippen LogP contribution is -2.31. The Hall–Kier alpha value is -2.09. The fourth-order valence-corrected chi connectivity index (χ4v) is 2.46. The Morgan fingerprint density at radius 1 is 1.00 bits per heavy atom. The van der Waals surface area contributed by atoms with Crippen LogP contribution in [0.4, 0.5) is 0 Å². The normalized spacial score (nSPS) is 11.9. The Bertz CT molecular complexity index is 536. The van der Waals surface area contributed by atoms with Crippen LogP contribution in [0.3, 0.4) is 0 Å². The smallest absolute Gasteiger partial charge is 0.254 e. The molecule has 104 valence electrons. The average Bonchev–Trinajstić information content (AvgIpc) is 2.53. The second-order valence-corrected chi connectivity index (χ2v) is 5.00. The predicted molar refractivity (Wildman–Crippen MR) is 82.6 cm³/mol. The van der Waals surface area contributed by atoms with Crippen molar-refractivity contribution in [3.05, 3.63) is 71.8 Å². The Labute approximate surface area is 121 Å². The van der Waals surface area contributed by atoms with E-state index in [0.717, 1.165) is 18.4 Å². The third kappa shape index (κ3) is 3.27. The molecule has 0 unspecified atom stereocenters. The standard InChI is InChI=1S/C18H21NO/c1-3-10-17(15-11-6-4-7-12-15)19(2)18(20)16-13-8-5-9-14-16/h4-9,11-14,17H,3,10H2,1-2H3/t17-/m1/s1. The van der Waals surface area contributed by atoms with E-state index >= 15 is 0 Å². The molecule has 2 aromatic carbocycles. The number of hydrogen-bond acceptors (Lipinski definition) is 1. The monoisotopic (exact) mass is 267 g/mol. The Kier molecular flexibility index (Phi) is 4.94. The van der Waals surface area contributed by atoms with Crippen molar-refractivity contribution in [2.24, 2.45) is 0 Å². The van der Waals surface area contributed by atoms with E-state index in [1.54, 1.807) is 0 Å². The number of rotatable bonds is 5. The number of nitrogens with zero attached hydrogens (tertiary/aromatic N) is 1. The summed E-state index contributed by atoms with van der Waals surface area (Å²) in [7, 11) is 1.89. The molecule has 0 aliphatic rings. The molecular weight excluding hydrogens is 246 g/mol. The van der Waals surface area contributed by atoms with Gasteiger partial charge in [-0.15, -0.1) is 0 Å². The van der Waals surface area contributed by atoms with Crippen LogP contribution in [0.25, 0.3) is 0 Å². The molecular formula is C18H21NO. The molecule has 20 heavy (non-hydrogen) atoms. The lowest BCUT2D eigenvalue weighted by Gasteiger charge is -2.28. The summed E-state index contributed by atoms with van der Waals surface area (Å²) < 4.78 is 0. The fraction of sp³-hybridized carbons (Fsp3) is 0.278. The summed E-state index contributed by atoms with van der Waals surface area (Å²) in [6, 6.07) is 19.8. The molecule has 0 radical (unpaired) electrons. The highest BCUT2D eigenvalue weighted by molar-refractivity contribution is 5.94. The molecule has 0 aliphatic heterocycles. The molecule has 0 fully saturated rings. The minimum Gasteiger partial charge on any atom is -0.335 e. The van der Waals surface area contributed by atoms with E-state index in [2.05, 4.69) is 19.1 Å². The van der Waals surface area contributed by atoms with Crippen LogP contribution in [0.1, 0.15) is 41.7 Å². The van der Waals surface area contributed by atoms with Gasteiger partial charge in [-0.3, -0.25) is 4.79 Å². The summed E-state index contributed by atoms with van der Waals surface area (Å²) in [4.78, 5) is 14.4. The number of amides is 1. The van der Waals surface area contributed by atoms with Crippen molar-refractivity contribution >= 4 is 5.91 Å². The number of benzene rings is 2. The molecule has 0 saturated carbocycles. The van der Waals surface area contributed by atoms with Crippen LogP contribution in [0.2, 0.25) is 0 Å². The molecule has 2 rings (SSSR count). The first kappa shape index (κ1) is 14.3. The summed E-state index contributed by atoms with van der Waals surface area (Å²) in [5.74, 6) is 0.0768. The van der Waals surface area contributed by atoms with Crippen LogP contribution in [-0.2, 0) is 0 Å². The third-order valence-electron chi connectivity index (χ3n) is 3.56. The largest absolute Gasteiger partial charge is 0.335 e. The average molecular weight is 267 g/mol. The van der Waals surface area contributed by atoms with E-state index in [0.29, 0.717) is 0 Å². The molecule has 0 saturated heterocycles. The minimum absolute atomic E-state index is 0.0768. The van der Waals surface area contributed by atoms with Gasteiger partial charge in [-0.1, -0.05) is 61.9 Å². The van der Waals surface area contributed by atoms with Crippen LogP contribution < -0.4 is 0 Å². The van der Waals surface area contributed by atoms with Crippen molar-refractivity contribution in [2.45, 2.75) is 25.8 Å². The van der Waals surface area contributed by atoms with Crippen LogP contribution in [0, 0.1) is 0 Å². The van der Waals surface area contributed by atoms with E-state index in [1.165, 1.54) is 5.56 Å². The summed E-state index contributed by atoms with van der Waals surface area (Å²) in [6.45, 7) is 2.15. The molecule has 0 aliphatic carbocycles. The predicted octanol–water partition coefficient (Wildman–Crippen LogP) is 4.30. The van der Waals surface area contributed by atoms with E-state index in [-0.39, 0.29) is 11.9 Å². The highest BCUT2D eigenvalue weighted by Crippen LogP contribution is 2.25. The molecule has 0 N–H and O–H groups in total. The van der Waals surface area contributed by atoms with Crippen molar-refractivity contribution in [3.8, 4) is 0 Å². The summed E-state index contributed by atoms with van der Waals surface area (Å²) in [6.07, 6.45) is 2.02. The minimum atomic E-state index is 0.0768.